The van der Waals surface area contributed by atoms with Crippen molar-refractivity contribution in [3.8, 4) is 0 Å². The Kier molecular flexibility index (Phi) is 2.49. The summed E-state index contributed by atoms with van der Waals surface area (Å²) in [4.78, 5) is 11.0. The lowest BCUT2D eigenvalue weighted by Crippen LogP contribution is -2.29. The first-order chi connectivity index (χ1) is 7.24. The lowest BCUT2D eigenvalue weighted by molar-refractivity contribution is -0.143. The lowest BCUT2D eigenvalue weighted by atomic mass is 9.94. The van der Waals surface area contributed by atoms with E-state index in [4.69, 9.17) is 14.2 Å². The zero-order valence-electron chi connectivity index (χ0n) is 8.60. The van der Waals surface area contributed by atoms with Gasteiger partial charge in [-0.05, 0) is 6.08 Å². The molecule has 4 heteroatoms. The van der Waals surface area contributed by atoms with E-state index in [1.165, 1.54) is 6.08 Å². The van der Waals surface area contributed by atoms with Crippen molar-refractivity contribution in [3.63, 3.8) is 0 Å². The third-order valence-corrected chi connectivity index (χ3v) is 2.43. The van der Waals surface area contributed by atoms with E-state index >= 15 is 0 Å². The maximum absolute atomic E-state index is 11.0. The SMILES string of the molecule is COC1=CC2C=CC(=O)OC2C=C1OC. The Hall–Kier alpha value is -1.71. The molecule has 0 aromatic heterocycles. The number of carbonyl (C=O) groups is 1. The number of hydrogen-bond donors (Lipinski definition) is 0. The van der Waals surface area contributed by atoms with Crippen molar-refractivity contribution < 1.29 is 19.0 Å². The molecular formula is C11H12O4. The highest BCUT2D eigenvalue weighted by Gasteiger charge is 2.29. The smallest absolute Gasteiger partial charge is 0.331 e. The van der Waals surface area contributed by atoms with Gasteiger partial charge in [0.1, 0.15) is 6.10 Å². The predicted octanol–water partition coefficient (Wildman–Crippen LogP) is 1.16. The Morgan fingerprint density at radius 1 is 1.20 bits per heavy atom. The van der Waals surface area contributed by atoms with E-state index < -0.39 is 0 Å². The standard InChI is InChI=1S/C11H12O4/c1-13-9-5-7-3-4-11(12)15-8(7)6-10(9)14-2/h3-8H,1-2H3. The Morgan fingerprint density at radius 2 is 1.87 bits per heavy atom. The molecule has 2 atom stereocenters. The van der Waals surface area contributed by atoms with Crippen molar-refractivity contribution >= 4 is 5.97 Å². The summed E-state index contributed by atoms with van der Waals surface area (Å²) in [5, 5.41) is 0. The van der Waals surface area contributed by atoms with Crippen LogP contribution in [0, 0.1) is 5.92 Å². The second kappa shape index (κ2) is 3.81. The van der Waals surface area contributed by atoms with Gasteiger partial charge in [0, 0.05) is 18.1 Å². The van der Waals surface area contributed by atoms with E-state index in [0.29, 0.717) is 11.5 Å². The first kappa shape index (κ1) is 9.83. The Balaban J connectivity index is 2.30. The van der Waals surface area contributed by atoms with Crippen LogP contribution in [0.2, 0.25) is 0 Å². The Bertz CT molecular complexity index is 365. The number of ether oxygens (including phenoxy) is 3. The molecule has 4 nitrogen and oxygen atoms in total. The number of carbonyl (C=O) groups excluding carboxylic acids is 1. The third-order valence-electron chi connectivity index (χ3n) is 2.43. The van der Waals surface area contributed by atoms with Crippen LogP contribution in [0.25, 0.3) is 0 Å². The van der Waals surface area contributed by atoms with Gasteiger partial charge in [-0.1, -0.05) is 6.08 Å². The molecule has 1 aliphatic heterocycles. The van der Waals surface area contributed by atoms with Gasteiger partial charge in [-0.15, -0.1) is 0 Å². The van der Waals surface area contributed by atoms with Gasteiger partial charge in [-0.25, -0.2) is 4.79 Å². The van der Waals surface area contributed by atoms with E-state index in [1.807, 2.05) is 6.08 Å². The number of esters is 1. The van der Waals surface area contributed by atoms with Crippen LogP contribution in [0.4, 0.5) is 0 Å². The van der Waals surface area contributed by atoms with Crippen LogP contribution in [-0.4, -0.2) is 26.3 Å². The number of hydrogen-bond acceptors (Lipinski definition) is 4. The predicted molar refractivity (Wildman–Crippen MR) is 52.7 cm³/mol. The summed E-state index contributed by atoms with van der Waals surface area (Å²) in [6.07, 6.45) is 6.59. The van der Waals surface area contributed by atoms with Crippen LogP contribution in [0.1, 0.15) is 0 Å². The van der Waals surface area contributed by atoms with Gasteiger partial charge in [0.15, 0.2) is 11.5 Å². The molecule has 1 heterocycles. The summed E-state index contributed by atoms with van der Waals surface area (Å²) in [5.74, 6) is 0.983. The molecule has 0 bridgehead atoms. The second-order valence-corrected chi connectivity index (χ2v) is 3.31. The minimum absolute atomic E-state index is 0.0385. The highest BCUT2D eigenvalue weighted by molar-refractivity contribution is 5.83. The molecular weight excluding hydrogens is 196 g/mol. The molecule has 80 valence electrons. The summed E-state index contributed by atoms with van der Waals surface area (Å²) < 4.78 is 15.4. The van der Waals surface area contributed by atoms with E-state index in [9.17, 15) is 4.79 Å². The first-order valence-corrected chi connectivity index (χ1v) is 4.65. The average Bonchev–Trinajstić information content (AvgIpc) is 2.27. The highest BCUT2D eigenvalue weighted by atomic mass is 16.5. The number of methoxy groups -OCH3 is 2. The molecule has 2 aliphatic rings. The van der Waals surface area contributed by atoms with Crippen LogP contribution in [0.15, 0.2) is 35.8 Å². The van der Waals surface area contributed by atoms with Crippen molar-refractivity contribution in [3.05, 3.63) is 35.8 Å². The summed E-state index contributed by atoms with van der Waals surface area (Å²) in [7, 11) is 3.14. The average molecular weight is 208 g/mol. The summed E-state index contributed by atoms with van der Waals surface area (Å²) >= 11 is 0. The first-order valence-electron chi connectivity index (χ1n) is 4.65. The van der Waals surface area contributed by atoms with Gasteiger partial charge in [0.05, 0.1) is 14.2 Å². The molecule has 0 N–H and O–H groups in total. The molecule has 2 unspecified atom stereocenters. The van der Waals surface area contributed by atoms with E-state index in [1.54, 1.807) is 26.4 Å². The third kappa shape index (κ3) is 1.75. The molecule has 0 aromatic rings. The van der Waals surface area contributed by atoms with Crippen LogP contribution < -0.4 is 0 Å². The summed E-state index contributed by atoms with van der Waals surface area (Å²) in [6.45, 7) is 0. The normalized spacial score (nSPS) is 28.5. The fraction of sp³-hybridized carbons (Fsp3) is 0.364. The van der Waals surface area contributed by atoms with Crippen LogP contribution in [-0.2, 0) is 19.0 Å². The molecule has 0 fully saturated rings. The van der Waals surface area contributed by atoms with E-state index in [2.05, 4.69) is 0 Å². The minimum atomic E-state index is -0.322. The number of fused-ring (bicyclic) bond motifs is 1. The van der Waals surface area contributed by atoms with Crippen LogP contribution in [0.5, 0.6) is 0 Å². The van der Waals surface area contributed by atoms with Gasteiger partial charge >= 0.3 is 5.97 Å². The van der Waals surface area contributed by atoms with Crippen molar-refractivity contribution in [1.29, 1.82) is 0 Å². The maximum Gasteiger partial charge on any atom is 0.331 e. The minimum Gasteiger partial charge on any atom is -0.493 e. The van der Waals surface area contributed by atoms with Crippen molar-refractivity contribution in [2.45, 2.75) is 6.10 Å². The molecule has 0 spiro atoms. The van der Waals surface area contributed by atoms with Crippen LogP contribution in [0.3, 0.4) is 0 Å². The Labute approximate surface area is 87.8 Å². The van der Waals surface area contributed by atoms with Crippen LogP contribution >= 0.6 is 0 Å². The molecule has 2 rings (SSSR count). The fourth-order valence-corrected chi connectivity index (χ4v) is 1.67. The molecule has 0 saturated carbocycles. The molecule has 0 radical (unpaired) electrons. The molecule has 0 aromatic carbocycles. The molecule has 15 heavy (non-hydrogen) atoms. The highest BCUT2D eigenvalue weighted by Crippen LogP contribution is 2.29. The fourth-order valence-electron chi connectivity index (χ4n) is 1.67. The maximum atomic E-state index is 11.0. The Morgan fingerprint density at radius 3 is 2.53 bits per heavy atom. The zero-order chi connectivity index (χ0) is 10.8. The van der Waals surface area contributed by atoms with Gasteiger partial charge in [0.25, 0.3) is 0 Å². The van der Waals surface area contributed by atoms with Gasteiger partial charge in [-0.3, -0.25) is 0 Å². The topological polar surface area (TPSA) is 44.8 Å². The van der Waals surface area contributed by atoms with E-state index in [-0.39, 0.29) is 18.0 Å². The molecule has 0 amide bonds. The lowest BCUT2D eigenvalue weighted by Gasteiger charge is -2.27. The molecule has 1 aliphatic carbocycles. The monoisotopic (exact) mass is 208 g/mol. The number of rotatable bonds is 2. The van der Waals surface area contributed by atoms with E-state index in [0.717, 1.165) is 0 Å². The van der Waals surface area contributed by atoms with Gasteiger partial charge < -0.3 is 14.2 Å². The molecule has 0 saturated heterocycles. The summed E-state index contributed by atoms with van der Waals surface area (Å²) in [6, 6.07) is 0. The quantitative estimate of drug-likeness (QED) is 0.639. The van der Waals surface area contributed by atoms with Crippen molar-refractivity contribution in [2.24, 2.45) is 5.92 Å². The largest absolute Gasteiger partial charge is 0.493 e. The van der Waals surface area contributed by atoms with Gasteiger partial charge in [-0.2, -0.15) is 0 Å². The van der Waals surface area contributed by atoms with Crippen molar-refractivity contribution in [1.82, 2.24) is 0 Å². The van der Waals surface area contributed by atoms with Gasteiger partial charge in [0.2, 0.25) is 0 Å². The zero-order valence-corrected chi connectivity index (χ0v) is 8.60. The summed E-state index contributed by atoms with van der Waals surface area (Å²) in [5.41, 5.74) is 0. The van der Waals surface area contributed by atoms with Crippen molar-refractivity contribution in [2.75, 3.05) is 14.2 Å². The second-order valence-electron chi connectivity index (χ2n) is 3.31.